The van der Waals surface area contributed by atoms with Crippen LogP contribution < -0.4 is 9.64 Å². The molecule has 208 valence electrons. The van der Waals surface area contributed by atoms with E-state index < -0.39 is 24.0 Å². The Hall–Kier alpha value is -3.66. The van der Waals surface area contributed by atoms with Gasteiger partial charge in [-0.2, -0.15) is 0 Å². The number of benzene rings is 2. The van der Waals surface area contributed by atoms with Crippen LogP contribution in [0.2, 0.25) is 0 Å². The normalized spacial score (nSPS) is 21.9. The van der Waals surface area contributed by atoms with Crippen LogP contribution in [0.4, 0.5) is 14.9 Å². The molecule has 39 heavy (non-hydrogen) atoms. The van der Waals surface area contributed by atoms with Crippen molar-refractivity contribution in [2.75, 3.05) is 19.1 Å². The summed E-state index contributed by atoms with van der Waals surface area (Å²) in [5.74, 6) is -0.659. The van der Waals surface area contributed by atoms with Gasteiger partial charge in [0.25, 0.3) is 0 Å². The van der Waals surface area contributed by atoms with Gasteiger partial charge in [0.15, 0.2) is 0 Å². The number of carboxylic acid groups (broad SMARTS) is 1. The molecule has 2 heterocycles. The number of aliphatic hydroxyl groups excluding tert-OH is 1. The van der Waals surface area contributed by atoms with E-state index >= 15 is 0 Å². The molecule has 0 saturated heterocycles. The van der Waals surface area contributed by atoms with E-state index in [0.717, 1.165) is 36.0 Å². The van der Waals surface area contributed by atoms with Gasteiger partial charge in [-0.05, 0) is 75.3 Å². The van der Waals surface area contributed by atoms with Gasteiger partial charge < -0.3 is 24.3 Å². The number of aromatic nitrogens is 2. The van der Waals surface area contributed by atoms with E-state index in [9.17, 15) is 24.2 Å². The minimum absolute atomic E-state index is 0.000640. The van der Waals surface area contributed by atoms with E-state index in [0.29, 0.717) is 36.4 Å². The van der Waals surface area contributed by atoms with Gasteiger partial charge in [0.1, 0.15) is 23.5 Å². The maximum absolute atomic E-state index is 14.3. The highest BCUT2D eigenvalue weighted by Crippen LogP contribution is 2.43. The number of aliphatic carboxylic acids is 1. The summed E-state index contributed by atoms with van der Waals surface area (Å²) in [6.07, 6.45) is 2.83. The number of fused-ring (bicyclic) bond motifs is 3. The summed E-state index contributed by atoms with van der Waals surface area (Å²) in [4.78, 5) is 30.7. The first kappa shape index (κ1) is 26.9. The fourth-order valence-electron chi connectivity index (χ4n) is 6.36. The number of carbonyl (C=O) groups is 2. The van der Waals surface area contributed by atoms with Gasteiger partial charge >= 0.3 is 12.1 Å². The molecule has 10 heteroatoms. The molecule has 0 spiro atoms. The number of rotatable bonds is 6. The molecule has 3 aromatic rings. The number of ether oxygens (including phenoxy) is 2. The highest BCUT2D eigenvalue weighted by Gasteiger charge is 2.35. The quantitative estimate of drug-likeness (QED) is 0.432. The van der Waals surface area contributed by atoms with Crippen molar-refractivity contribution in [1.82, 2.24) is 9.55 Å². The van der Waals surface area contributed by atoms with Gasteiger partial charge in [-0.15, -0.1) is 0 Å². The zero-order valence-electron chi connectivity index (χ0n) is 22.4. The van der Waals surface area contributed by atoms with Gasteiger partial charge in [-0.1, -0.05) is 6.42 Å². The molecule has 2 N–H and O–H groups in total. The number of aryl methyl sites for hydroxylation is 1. The van der Waals surface area contributed by atoms with E-state index in [1.54, 1.807) is 4.90 Å². The Morgan fingerprint density at radius 3 is 2.69 bits per heavy atom. The SMILES string of the molecule is COC(=O)N1c2ccc3c(nc([C@H](O)c4cc(F)ccc4OC)n3C3CCC[C@H](CC(=O)O)C3)c2CC[C@H]1C. The summed E-state index contributed by atoms with van der Waals surface area (Å²) in [7, 11) is 2.82. The molecule has 1 amide bonds. The predicted octanol–water partition coefficient (Wildman–Crippen LogP) is 5.38. The van der Waals surface area contributed by atoms with Crippen LogP contribution in [0.1, 0.15) is 74.5 Å². The average Bonchev–Trinajstić information content (AvgIpc) is 3.32. The van der Waals surface area contributed by atoms with Crippen molar-refractivity contribution in [2.45, 2.75) is 70.1 Å². The first-order valence-electron chi connectivity index (χ1n) is 13.4. The average molecular weight is 540 g/mol. The molecule has 1 aliphatic heterocycles. The van der Waals surface area contributed by atoms with Crippen molar-refractivity contribution >= 4 is 28.8 Å². The van der Waals surface area contributed by atoms with Gasteiger partial charge in [0.05, 0.1) is 30.9 Å². The number of methoxy groups -OCH3 is 2. The smallest absolute Gasteiger partial charge is 0.414 e. The summed E-state index contributed by atoms with van der Waals surface area (Å²) >= 11 is 0. The van der Waals surface area contributed by atoms with Crippen molar-refractivity contribution in [3.8, 4) is 5.75 Å². The molecule has 1 saturated carbocycles. The molecule has 1 aromatic heterocycles. The summed E-state index contributed by atoms with van der Waals surface area (Å²) < 4.78 is 26.8. The maximum atomic E-state index is 14.3. The van der Waals surface area contributed by atoms with Crippen LogP contribution in [0.15, 0.2) is 30.3 Å². The molecule has 1 fully saturated rings. The minimum Gasteiger partial charge on any atom is -0.496 e. The molecule has 1 unspecified atom stereocenters. The number of imidazole rings is 1. The second-order valence-corrected chi connectivity index (χ2v) is 10.6. The highest BCUT2D eigenvalue weighted by atomic mass is 19.1. The van der Waals surface area contributed by atoms with Crippen LogP contribution >= 0.6 is 0 Å². The highest BCUT2D eigenvalue weighted by molar-refractivity contribution is 5.95. The third-order valence-corrected chi connectivity index (χ3v) is 8.17. The number of anilines is 1. The molecular weight excluding hydrogens is 505 g/mol. The molecule has 2 aromatic carbocycles. The monoisotopic (exact) mass is 539 g/mol. The third-order valence-electron chi connectivity index (χ3n) is 8.17. The molecule has 0 bridgehead atoms. The van der Waals surface area contributed by atoms with Crippen molar-refractivity contribution in [3.05, 3.63) is 53.1 Å². The lowest BCUT2D eigenvalue weighted by atomic mass is 9.83. The number of halogens is 1. The second-order valence-electron chi connectivity index (χ2n) is 10.6. The van der Waals surface area contributed by atoms with Crippen LogP contribution in [0.3, 0.4) is 0 Å². The van der Waals surface area contributed by atoms with Gasteiger partial charge in [-0.3, -0.25) is 9.69 Å². The standard InChI is InChI=1S/C29H34FN3O6/c1-16-7-9-20-22(32(16)29(37)39-3)10-11-23-26(20)31-28(27(36)21-15-18(30)8-12-24(21)38-2)33(23)19-6-4-5-17(13-19)14-25(34)35/h8,10-12,15-17,19,27,36H,4-7,9,13-14H2,1-3H3,(H,34,35)/t16-,17+,19?,27-/m1/s1. The van der Waals surface area contributed by atoms with E-state index in [1.165, 1.54) is 32.4 Å². The molecule has 4 atom stereocenters. The van der Waals surface area contributed by atoms with E-state index in [-0.39, 0.29) is 30.0 Å². The lowest BCUT2D eigenvalue weighted by Crippen LogP contribution is -2.42. The summed E-state index contributed by atoms with van der Waals surface area (Å²) in [5, 5.41) is 21.1. The molecule has 9 nitrogen and oxygen atoms in total. The van der Waals surface area contributed by atoms with E-state index in [2.05, 4.69) is 0 Å². The van der Waals surface area contributed by atoms with Crippen LogP contribution in [-0.2, 0) is 16.0 Å². The topological polar surface area (TPSA) is 114 Å². The Bertz CT molecular complexity index is 1410. The maximum Gasteiger partial charge on any atom is 0.414 e. The van der Waals surface area contributed by atoms with E-state index in [4.69, 9.17) is 14.5 Å². The number of nitrogens with zero attached hydrogens (tertiary/aromatic N) is 3. The van der Waals surface area contributed by atoms with Gasteiger partial charge in [-0.25, -0.2) is 14.2 Å². The van der Waals surface area contributed by atoms with Gasteiger partial charge in [0.2, 0.25) is 0 Å². The van der Waals surface area contributed by atoms with Crippen molar-refractivity contribution in [2.24, 2.45) is 5.92 Å². The number of carboxylic acids is 1. The summed E-state index contributed by atoms with van der Waals surface area (Å²) in [6.45, 7) is 1.97. The Morgan fingerprint density at radius 1 is 1.18 bits per heavy atom. The first-order valence-corrected chi connectivity index (χ1v) is 13.4. The Balaban J connectivity index is 1.70. The number of hydrogen-bond donors (Lipinski definition) is 2. The van der Waals surface area contributed by atoms with Crippen molar-refractivity contribution < 1.29 is 33.7 Å². The van der Waals surface area contributed by atoms with Gasteiger partial charge in [0, 0.05) is 29.6 Å². The van der Waals surface area contributed by atoms with Crippen LogP contribution in [-0.4, -0.2) is 52.1 Å². The third kappa shape index (κ3) is 4.93. The Labute approximate surface area is 226 Å². The Morgan fingerprint density at radius 2 is 1.97 bits per heavy atom. The molecular formula is C29H34FN3O6. The largest absolute Gasteiger partial charge is 0.496 e. The number of amides is 1. The minimum atomic E-state index is -1.29. The van der Waals surface area contributed by atoms with Crippen LogP contribution in [0, 0.1) is 11.7 Å². The zero-order valence-corrected chi connectivity index (χ0v) is 22.4. The van der Waals surface area contributed by atoms with Crippen molar-refractivity contribution in [1.29, 1.82) is 0 Å². The summed E-state index contributed by atoms with van der Waals surface area (Å²) in [6, 6.07) is 7.62. The van der Waals surface area contributed by atoms with E-state index in [1.807, 2.05) is 23.6 Å². The van der Waals surface area contributed by atoms with Crippen LogP contribution in [0.5, 0.6) is 5.75 Å². The zero-order chi connectivity index (χ0) is 27.8. The number of aliphatic hydroxyl groups is 1. The predicted molar refractivity (Wildman–Crippen MR) is 143 cm³/mol. The lowest BCUT2D eigenvalue weighted by Gasteiger charge is -2.34. The lowest BCUT2D eigenvalue weighted by molar-refractivity contribution is -0.138. The van der Waals surface area contributed by atoms with Crippen LogP contribution in [0.25, 0.3) is 11.0 Å². The molecule has 0 radical (unpaired) electrons. The molecule has 2 aliphatic rings. The molecule has 1 aliphatic carbocycles. The first-order chi connectivity index (χ1) is 18.7. The molecule has 5 rings (SSSR count). The Kier molecular flexibility index (Phi) is 7.48. The summed E-state index contributed by atoms with van der Waals surface area (Å²) in [5.41, 5.74) is 3.31. The fourth-order valence-corrected chi connectivity index (χ4v) is 6.36. The number of carbonyl (C=O) groups excluding carboxylic acids is 1. The fraction of sp³-hybridized carbons (Fsp3) is 0.483. The second kappa shape index (κ2) is 10.8. The number of hydrogen-bond acceptors (Lipinski definition) is 6. The van der Waals surface area contributed by atoms with Crippen molar-refractivity contribution in [3.63, 3.8) is 0 Å².